The molecule has 3 rings (SSSR count). The molecule has 0 amide bonds. The van der Waals surface area contributed by atoms with Crippen molar-refractivity contribution in [2.24, 2.45) is 0 Å². The summed E-state index contributed by atoms with van der Waals surface area (Å²) in [6, 6.07) is 4.55. The maximum Gasteiger partial charge on any atom is 0.271 e. The van der Waals surface area contributed by atoms with Crippen LogP contribution in [0.4, 0.5) is 11.6 Å². The Hall–Kier alpha value is -2.48. The van der Waals surface area contributed by atoms with Gasteiger partial charge in [0.15, 0.2) is 0 Å². The summed E-state index contributed by atoms with van der Waals surface area (Å²) in [5.74, 6) is 0.589. The summed E-state index contributed by atoms with van der Waals surface area (Å²) < 4.78 is 0. The van der Waals surface area contributed by atoms with E-state index in [0.717, 1.165) is 9.88 Å². The Labute approximate surface area is 117 Å². The first kappa shape index (κ1) is 12.5. The highest BCUT2D eigenvalue weighted by atomic mass is 32.1. The van der Waals surface area contributed by atoms with Crippen molar-refractivity contribution in [3.8, 4) is 0 Å². The minimum Gasteiger partial charge on any atom is -0.351 e. The molecular weight excluding hydrogens is 278 g/mol. The molecule has 1 aromatic carbocycles. The molecule has 0 spiro atoms. The summed E-state index contributed by atoms with van der Waals surface area (Å²) in [5.41, 5.74) is 1.38. The standard InChI is InChI=1S/C12H11N5O2S/c1-7-13-5-9(20-7)6-14-12-15-10-3-2-8(17(18)19)4-11(10)16-12/h2-5H,6H2,1H3,(H2,14,15,16). The molecule has 0 radical (unpaired) electrons. The Morgan fingerprint density at radius 3 is 3.05 bits per heavy atom. The van der Waals surface area contributed by atoms with E-state index < -0.39 is 4.92 Å². The number of non-ortho nitro benzene ring substituents is 1. The Morgan fingerprint density at radius 1 is 1.50 bits per heavy atom. The fourth-order valence-corrected chi connectivity index (χ4v) is 2.59. The van der Waals surface area contributed by atoms with Gasteiger partial charge in [0, 0.05) is 23.2 Å². The van der Waals surface area contributed by atoms with Gasteiger partial charge >= 0.3 is 0 Å². The Balaban J connectivity index is 1.80. The van der Waals surface area contributed by atoms with Gasteiger partial charge in [-0.3, -0.25) is 10.1 Å². The topological polar surface area (TPSA) is 96.7 Å². The molecule has 0 aliphatic heterocycles. The van der Waals surface area contributed by atoms with Crippen LogP contribution in [0.3, 0.4) is 0 Å². The summed E-state index contributed by atoms with van der Waals surface area (Å²) in [5, 5.41) is 14.9. The number of anilines is 1. The van der Waals surface area contributed by atoms with Crippen LogP contribution in [0, 0.1) is 17.0 Å². The molecule has 0 aliphatic rings. The van der Waals surface area contributed by atoms with Gasteiger partial charge in [-0.25, -0.2) is 9.97 Å². The van der Waals surface area contributed by atoms with Gasteiger partial charge in [0.1, 0.15) is 0 Å². The fraction of sp³-hybridized carbons (Fsp3) is 0.167. The van der Waals surface area contributed by atoms with E-state index in [0.29, 0.717) is 23.5 Å². The normalized spacial score (nSPS) is 10.8. The second-order valence-corrected chi connectivity index (χ2v) is 5.56. The predicted molar refractivity (Wildman–Crippen MR) is 76.9 cm³/mol. The second kappa shape index (κ2) is 4.89. The number of rotatable bonds is 4. The SMILES string of the molecule is Cc1ncc(CNc2nc3ccc([N+](=O)[O-])cc3[nH]2)s1. The van der Waals surface area contributed by atoms with Crippen LogP contribution in [0.2, 0.25) is 0 Å². The molecule has 7 nitrogen and oxygen atoms in total. The molecule has 0 bridgehead atoms. The molecule has 0 atom stereocenters. The highest BCUT2D eigenvalue weighted by molar-refractivity contribution is 7.11. The first-order chi connectivity index (χ1) is 9.61. The molecule has 8 heteroatoms. The van der Waals surface area contributed by atoms with Gasteiger partial charge in [0.25, 0.3) is 5.69 Å². The minimum atomic E-state index is -0.423. The maximum absolute atomic E-state index is 10.7. The third-order valence-electron chi connectivity index (χ3n) is 2.78. The van der Waals surface area contributed by atoms with Crippen molar-refractivity contribution in [3.63, 3.8) is 0 Å². The third-order valence-corrected chi connectivity index (χ3v) is 3.69. The molecule has 2 aromatic heterocycles. The molecular formula is C12H11N5O2S. The van der Waals surface area contributed by atoms with Gasteiger partial charge in [-0.2, -0.15) is 0 Å². The number of fused-ring (bicyclic) bond motifs is 1. The van der Waals surface area contributed by atoms with Gasteiger partial charge in [-0.1, -0.05) is 0 Å². The summed E-state index contributed by atoms with van der Waals surface area (Å²) in [6.07, 6.45) is 1.82. The van der Waals surface area contributed by atoms with Crippen molar-refractivity contribution in [2.75, 3.05) is 5.32 Å². The number of nitro benzene ring substituents is 1. The zero-order valence-electron chi connectivity index (χ0n) is 10.6. The van der Waals surface area contributed by atoms with Crippen LogP contribution in [-0.2, 0) is 6.54 Å². The minimum absolute atomic E-state index is 0.0470. The van der Waals surface area contributed by atoms with Crippen LogP contribution < -0.4 is 5.32 Å². The van der Waals surface area contributed by atoms with E-state index in [-0.39, 0.29) is 5.69 Å². The number of imidazole rings is 1. The monoisotopic (exact) mass is 289 g/mol. The van der Waals surface area contributed by atoms with E-state index in [1.807, 2.05) is 13.1 Å². The first-order valence-electron chi connectivity index (χ1n) is 5.91. The first-order valence-corrected chi connectivity index (χ1v) is 6.73. The van der Waals surface area contributed by atoms with Crippen LogP contribution in [-0.4, -0.2) is 19.9 Å². The van der Waals surface area contributed by atoms with Gasteiger partial charge in [0.2, 0.25) is 5.95 Å². The van der Waals surface area contributed by atoms with Crippen molar-refractivity contribution in [2.45, 2.75) is 13.5 Å². The lowest BCUT2D eigenvalue weighted by Gasteiger charge is -1.98. The molecule has 0 unspecified atom stereocenters. The Bertz CT molecular complexity index is 779. The summed E-state index contributed by atoms with van der Waals surface area (Å²) in [6.45, 7) is 2.57. The van der Waals surface area contributed by atoms with E-state index >= 15 is 0 Å². The van der Waals surface area contributed by atoms with Gasteiger partial charge in [0.05, 0.1) is 27.5 Å². The molecule has 2 heterocycles. The number of nitrogens with one attached hydrogen (secondary N) is 2. The highest BCUT2D eigenvalue weighted by Gasteiger charge is 2.09. The zero-order chi connectivity index (χ0) is 14.1. The van der Waals surface area contributed by atoms with E-state index in [1.165, 1.54) is 12.1 Å². The van der Waals surface area contributed by atoms with E-state index in [4.69, 9.17) is 0 Å². The third kappa shape index (κ3) is 2.45. The van der Waals surface area contributed by atoms with Gasteiger partial charge in [-0.15, -0.1) is 11.3 Å². The average Bonchev–Trinajstić information content (AvgIpc) is 3.00. The summed E-state index contributed by atoms with van der Waals surface area (Å²) in [4.78, 5) is 22.9. The van der Waals surface area contributed by atoms with Crippen molar-refractivity contribution in [1.29, 1.82) is 0 Å². The van der Waals surface area contributed by atoms with Crippen LogP contribution in [0.5, 0.6) is 0 Å². The Kier molecular flexibility index (Phi) is 3.07. The van der Waals surface area contributed by atoms with Crippen molar-refractivity contribution in [3.05, 3.63) is 44.4 Å². The lowest BCUT2D eigenvalue weighted by atomic mass is 10.3. The van der Waals surface area contributed by atoms with Gasteiger partial charge in [-0.05, 0) is 13.0 Å². The van der Waals surface area contributed by atoms with E-state index in [2.05, 4.69) is 20.3 Å². The number of H-pyrrole nitrogens is 1. The lowest BCUT2D eigenvalue weighted by Crippen LogP contribution is -1.98. The van der Waals surface area contributed by atoms with E-state index in [1.54, 1.807) is 17.4 Å². The van der Waals surface area contributed by atoms with Crippen LogP contribution in [0.15, 0.2) is 24.4 Å². The molecule has 102 valence electrons. The summed E-state index contributed by atoms with van der Waals surface area (Å²) >= 11 is 1.62. The second-order valence-electron chi connectivity index (χ2n) is 4.24. The van der Waals surface area contributed by atoms with Crippen LogP contribution >= 0.6 is 11.3 Å². The smallest absolute Gasteiger partial charge is 0.271 e. The largest absolute Gasteiger partial charge is 0.351 e. The van der Waals surface area contributed by atoms with E-state index in [9.17, 15) is 10.1 Å². The molecule has 0 saturated heterocycles. The van der Waals surface area contributed by atoms with Crippen molar-refractivity contribution in [1.82, 2.24) is 15.0 Å². The Morgan fingerprint density at radius 2 is 2.35 bits per heavy atom. The molecule has 0 fully saturated rings. The molecule has 3 aromatic rings. The number of nitro groups is 1. The zero-order valence-corrected chi connectivity index (χ0v) is 11.4. The van der Waals surface area contributed by atoms with Crippen LogP contribution in [0.25, 0.3) is 11.0 Å². The number of aromatic nitrogens is 3. The molecule has 20 heavy (non-hydrogen) atoms. The van der Waals surface area contributed by atoms with Crippen LogP contribution in [0.1, 0.15) is 9.88 Å². The number of hydrogen-bond acceptors (Lipinski definition) is 6. The molecule has 2 N–H and O–H groups in total. The number of thiazole rings is 1. The predicted octanol–water partition coefficient (Wildman–Crippen LogP) is 2.85. The number of nitrogens with zero attached hydrogens (tertiary/aromatic N) is 3. The number of aryl methyl sites for hydroxylation is 1. The number of hydrogen-bond donors (Lipinski definition) is 2. The fourth-order valence-electron chi connectivity index (χ4n) is 1.85. The van der Waals surface area contributed by atoms with Crippen molar-refractivity contribution >= 4 is 34.0 Å². The number of benzene rings is 1. The number of aromatic amines is 1. The quantitative estimate of drug-likeness (QED) is 0.568. The molecule has 0 saturated carbocycles. The summed E-state index contributed by atoms with van der Waals surface area (Å²) in [7, 11) is 0. The lowest BCUT2D eigenvalue weighted by molar-refractivity contribution is -0.384. The van der Waals surface area contributed by atoms with Gasteiger partial charge < -0.3 is 10.3 Å². The average molecular weight is 289 g/mol. The maximum atomic E-state index is 10.7. The van der Waals surface area contributed by atoms with Crippen molar-refractivity contribution < 1.29 is 4.92 Å². The highest BCUT2D eigenvalue weighted by Crippen LogP contribution is 2.21. The molecule has 0 aliphatic carbocycles.